The van der Waals surface area contributed by atoms with Crippen LogP contribution in [0.25, 0.3) is 22.2 Å². The summed E-state index contributed by atoms with van der Waals surface area (Å²) in [5, 5.41) is 15.6. The fourth-order valence-corrected chi connectivity index (χ4v) is 3.66. The van der Waals surface area contributed by atoms with Gasteiger partial charge in [-0.1, -0.05) is 48.5 Å². The van der Waals surface area contributed by atoms with Crippen molar-refractivity contribution >= 4 is 22.5 Å². The molecule has 0 saturated carbocycles. The van der Waals surface area contributed by atoms with Gasteiger partial charge in [0.25, 0.3) is 11.5 Å². The molecule has 5 aromatic rings. The van der Waals surface area contributed by atoms with Crippen LogP contribution in [0, 0.1) is 0 Å². The minimum atomic E-state index is -0.343. The molecule has 5 rings (SSSR count). The molecule has 1 amide bonds. The fraction of sp³-hybridized carbons (Fsp3) is 0.0833. The topological polar surface area (TPSA) is 97.6 Å². The van der Waals surface area contributed by atoms with Crippen molar-refractivity contribution in [3.63, 3.8) is 0 Å². The number of amides is 1. The Morgan fingerprint density at radius 3 is 2.59 bits per heavy atom. The number of carbonyl (C=O) groups is 1. The lowest BCUT2D eigenvalue weighted by Gasteiger charge is -2.08. The van der Waals surface area contributed by atoms with E-state index in [-0.39, 0.29) is 11.5 Å². The van der Waals surface area contributed by atoms with E-state index in [1.807, 2.05) is 47.3 Å². The van der Waals surface area contributed by atoms with Crippen LogP contribution in [0.1, 0.15) is 15.9 Å². The number of anilines is 1. The molecule has 0 saturated heterocycles. The first-order valence-corrected chi connectivity index (χ1v) is 10.1. The number of hydrogen-bond acceptors (Lipinski definition) is 4. The van der Waals surface area contributed by atoms with Gasteiger partial charge in [-0.3, -0.25) is 19.4 Å². The number of aryl methyl sites for hydroxylation is 1. The van der Waals surface area contributed by atoms with Crippen molar-refractivity contribution in [1.29, 1.82) is 0 Å². The Kier molecular flexibility index (Phi) is 4.87. The van der Waals surface area contributed by atoms with E-state index in [0.29, 0.717) is 34.4 Å². The third-order valence-electron chi connectivity index (χ3n) is 5.26. The number of nitrogens with one attached hydrogen (secondary N) is 2. The minimum absolute atomic E-state index is 0.148. The van der Waals surface area contributed by atoms with Crippen LogP contribution < -0.4 is 10.9 Å². The maximum absolute atomic E-state index is 12.9. The smallest absolute Gasteiger partial charge is 0.258 e. The second-order valence-electron chi connectivity index (χ2n) is 7.51. The lowest BCUT2D eigenvalue weighted by atomic mass is 10.1. The highest BCUT2D eigenvalue weighted by molar-refractivity contribution is 6.12. The summed E-state index contributed by atoms with van der Waals surface area (Å²) in [7, 11) is 1.63. The zero-order valence-electron chi connectivity index (χ0n) is 17.3. The van der Waals surface area contributed by atoms with E-state index < -0.39 is 0 Å². The summed E-state index contributed by atoms with van der Waals surface area (Å²) < 4.78 is 3.26. The van der Waals surface area contributed by atoms with Crippen molar-refractivity contribution in [2.45, 2.75) is 6.54 Å². The molecule has 0 atom stereocenters. The lowest BCUT2D eigenvalue weighted by Crippen LogP contribution is -2.21. The number of hydrogen-bond donors (Lipinski definition) is 2. The summed E-state index contributed by atoms with van der Waals surface area (Å²) >= 11 is 0. The summed E-state index contributed by atoms with van der Waals surface area (Å²) in [6.07, 6.45) is 3.44. The highest BCUT2D eigenvalue weighted by Gasteiger charge is 2.15. The van der Waals surface area contributed by atoms with Crippen molar-refractivity contribution in [3.05, 3.63) is 101 Å². The highest BCUT2D eigenvalue weighted by atomic mass is 16.2. The first-order chi connectivity index (χ1) is 15.6. The normalized spacial score (nSPS) is 11.0. The Morgan fingerprint density at radius 1 is 1.03 bits per heavy atom. The summed E-state index contributed by atoms with van der Waals surface area (Å²) in [5.41, 5.74) is 2.83. The second-order valence-corrected chi connectivity index (χ2v) is 7.51. The predicted molar refractivity (Wildman–Crippen MR) is 122 cm³/mol. The van der Waals surface area contributed by atoms with Gasteiger partial charge in [0.15, 0.2) is 5.82 Å². The van der Waals surface area contributed by atoms with Gasteiger partial charge in [0.1, 0.15) is 5.69 Å². The van der Waals surface area contributed by atoms with Crippen molar-refractivity contribution < 1.29 is 4.79 Å². The Labute approximate surface area is 183 Å². The van der Waals surface area contributed by atoms with E-state index in [0.717, 1.165) is 11.3 Å². The molecule has 0 spiro atoms. The quantitative estimate of drug-likeness (QED) is 0.452. The van der Waals surface area contributed by atoms with E-state index in [2.05, 4.69) is 20.6 Å². The molecule has 0 aliphatic heterocycles. The average Bonchev–Trinajstić information content (AvgIpc) is 3.46. The molecule has 0 aliphatic carbocycles. The molecule has 3 heterocycles. The molecular weight excluding hydrogens is 404 g/mol. The van der Waals surface area contributed by atoms with Crippen LogP contribution >= 0.6 is 0 Å². The van der Waals surface area contributed by atoms with Crippen LogP contribution in [-0.4, -0.2) is 30.5 Å². The summed E-state index contributed by atoms with van der Waals surface area (Å²) in [5.74, 6) is 0.0324. The second kappa shape index (κ2) is 7.99. The monoisotopic (exact) mass is 424 g/mol. The van der Waals surface area contributed by atoms with Crippen LogP contribution in [0.5, 0.6) is 0 Å². The SMILES string of the molecule is Cn1cc(C(=O)Nc2cc(-c3ccn(Cc4ccccc4)n3)[nH]n2)c2ccccc2c1=O. The van der Waals surface area contributed by atoms with Gasteiger partial charge in [-0.05, 0) is 17.7 Å². The molecule has 158 valence electrons. The third kappa shape index (κ3) is 3.69. The number of nitrogens with zero attached hydrogens (tertiary/aromatic N) is 4. The van der Waals surface area contributed by atoms with Crippen LogP contribution in [0.2, 0.25) is 0 Å². The summed E-state index contributed by atoms with van der Waals surface area (Å²) in [6.45, 7) is 0.665. The van der Waals surface area contributed by atoms with Crippen molar-refractivity contribution in [1.82, 2.24) is 24.5 Å². The number of H-pyrrole nitrogens is 1. The molecular formula is C24H20N6O2. The maximum Gasteiger partial charge on any atom is 0.258 e. The number of fused-ring (bicyclic) bond motifs is 1. The minimum Gasteiger partial charge on any atom is -0.317 e. The largest absolute Gasteiger partial charge is 0.317 e. The summed E-state index contributed by atoms with van der Waals surface area (Å²) in [6, 6.07) is 20.8. The van der Waals surface area contributed by atoms with Crippen molar-refractivity contribution in [3.8, 4) is 11.4 Å². The first kappa shape index (κ1) is 19.5. The van der Waals surface area contributed by atoms with Crippen LogP contribution in [0.15, 0.2) is 83.9 Å². The first-order valence-electron chi connectivity index (χ1n) is 10.1. The maximum atomic E-state index is 12.9. The number of pyridine rings is 1. The molecule has 2 aromatic carbocycles. The number of aromatic nitrogens is 5. The molecule has 0 radical (unpaired) electrons. The zero-order valence-corrected chi connectivity index (χ0v) is 17.3. The van der Waals surface area contributed by atoms with Crippen LogP contribution in [0.4, 0.5) is 5.82 Å². The van der Waals surface area contributed by atoms with Gasteiger partial charge >= 0.3 is 0 Å². The molecule has 0 fully saturated rings. The van der Waals surface area contributed by atoms with Crippen molar-refractivity contribution in [2.75, 3.05) is 5.32 Å². The Balaban J connectivity index is 1.36. The third-order valence-corrected chi connectivity index (χ3v) is 5.26. The van der Waals surface area contributed by atoms with E-state index in [9.17, 15) is 9.59 Å². The van der Waals surface area contributed by atoms with Gasteiger partial charge < -0.3 is 9.88 Å². The Morgan fingerprint density at radius 2 is 1.78 bits per heavy atom. The van der Waals surface area contributed by atoms with Gasteiger partial charge in [0.05, 0.1) is 17.8 Å². The van der Waals surface area contributed by atoms with Crippen LogP contribution in [0.3, 0.4) is 0 Å². The van der Waals surface area contributed by atoms with Gasteiger partial charge in [-0.25, -0.2) is 0 Å². The van der Waals surface area contributed by atoms with E-state index in [1.165, 1.54) is 4.57 Å². The summed E-state index contributed by atoms with van der Waals surface area (Å²) in [4.78, 5) is 25.3. The standard InChI is InChI=1S/C24H20N6O2/c1-29-15-19(17-9-5-6-10-18(17)24(29)32)23(31)25-22-13-21(26-27-22)20-11-12-30(28-20)14-16-7-3-2-4-8-16/h2-13,15H,14H2,1H3,(H2,25,26,27,31). The van der Waals surface area contributed by atoms with Crippen LogP contribution in [-0.2, 0) is 13.6 Å². The van der Waals surface area contributed by atoms with Gasteiger partial charge in [-0.2, -0.15) is 10.2 Å². The Bertz CT molecular complexity index is 1480. The molecule has 32 heavy (non-hydrogen) atoms. The van der Waals surface area contributed by atoms with Gasteiger partial charge in [0.2, 0.25) is 0 Å². The molecule has 8 nitrogen and oxygen atoms in total. The van der Waals surface area contributed by atoms with E-state index in [1.54, 1.807) is 43.6 Å². The van der Waals surface area contributed by atoms with E-state index in [4.69, 9.17) is 0 Å². The van der Waals surface area contributed by atoms with Crippen molar-refractivity contribution in [2.24, 2.45) is 7.05 Å². The highest BCUT2D eigenvalue weighted by Crippen LogP contribution is 2.20. The molecule has 0 bridgehead atoms. The molecule has 0 aliphatic rings. The number of rotatable bonds is 5. The lowest BCUT2D eigenvalue weighted by molar-refractivity contribution is 0.102. The fourth-order valence-electron chi connectivity index (χ4n) is 3.66. The molecule has 0 unspecified atom stereocenters. The molecule has 3 aromatic heterocycles. The van der Waals surface area contributed by atoms with E-state index >= 15 is 0 Å². The number of carbonyl (C=O) groups excluding carboxylic acids is 1. The van der Waals surface area contributed by atoms with Gasteiger partial charge in [0, 0.05) is 36.3 Å². The average molecular weight is 424 g/mol. The molecule has 8 heteroatoms. The zero-order chi connectivity index (χ0) is 22.1. The number of aromatic amines is 1. The molecule has 2 N–H and O–H groups in total. The predicted octanol–water partition coefficient (Wildman–Crippen LogP) is 3.43. The van der Waals surface area contributed by atoms with Gasteiger partial charge in [-0.15, -0.1) is 0 Å². The Hall–Kier alpha value is -4.46. The number of benzene rings is 2.